The van der Waals surface area contributed by atoms with Gasteiger partial charge in [-0.2, -0.15) is 0 Å². The second kappa shape index (κ2) is 8.44. The van der Waals surface area contributed by atoms with E-state index in [2.05, 4.69) is 18.6 Å². The first-order chi connectivity index (χ1) is 15.6. The van der Waals surface area contributed by atoms with Gasteiger partial charge in [-0.1, -0.05) is 44.2 Å². The van der Waals surface area contributed by atoms with Gasteiger partial charge < -0.3 is 9.47 Å². The molecule has 4 rings (SSSR count). The summed E-state index contributed by atoms with van der Waals surface area (Å²) in [4.78, 5) is 12.6. The normalized spacial score (nSPS) is 14.7. The number of ether oxygens (including phenoxy) is 2. The molecule has 0 unspecified atom stereocenters. The molecule has 0 radical (unpaired) electrons. The van der Waals surface area contributed by atoms with Crippen molar-refractivity contribution in [2.45, 2.75) is 19.3 Å². The summed E-state index contributed by atoms with van der Waals surface area (Å²) in [7, 11) is -1.70. The van der Waals surface area contributed by atoms with Crippen LogP contribution in [0.3, 0.4) is 0 Å². The lowest BCUT2D eigenvalue weighted by molar-refractivity contribution is 0.289. The Hall–Kier alpha value is -3.52. The Labute approximate surface area is 193 Å². The molecule has 1 aliphatic rings. The van der Waals surface area contributed by atoms with E-state index < -0.39 is 10.0 Å². The molecule has 0 bridgehead atoms. The minimum atomic E-state index is -3.33. The molecule has 172 valence electrons. The Balaban J connectivity index is 1.81. The molecule has 3 aromatic rings. The lowest BCUT2D eigenvalue weighted by Gasteiger charge is -2.21. The van der Waals surface area contributed by atoms with Crippen LogP contribution in [0.2, 0.25) is 0 Å². The van der Waals surface area contributed by atoms with Gasteiger partial charge >= 0.3 is 0 Å². The zero-order valence-corrected chi connectivity index (χ0v) is 19.8. The van der Waals surface area contributed by atoms with Crippen LogP contribution in [0.15, 0.2) is 59.5 Å². The minimum Gasteiger partial charge on any atom is -0.496 e. The number of hydrogen-bond acceptors (Lipinski definition) is 5. The number of nitrogens with one attached hydrogen (secondary N) is 1. The number of aromatic nitrogens is 1. The number of hydrogen-bond donors (Lipinski definition) is 1. The quantitative estimate of drug-likeness (QED) is 0.554. The zero-order chi connectivity index (χ0) is 23.8. The number of methoxy groups -OCH3 is 1. The van der Waals surface area contributed by atoms with E-state index in [4.69, 9.17) is 9.47 Å². The molecule has 1 aromatic heterocycles. The maximum Gasteiger partial charge on any atom is 0.255 e. The molecule has 0 amide bonds. The Morgan fingerprint density at radius 2 is 1.85 bits per heavy atom. The van der Waals surface area contributed by atoms with Crippen LogP contribution in [0.5, 0.6) is 11.5 Å². The summed E-state index contributed by atoms with van der Waals surface area (Å²) in [6, 6.07) is 13.9. The van der Waals surface area contributed by atoms with E-state index in [0.717, 1.165) is 22.9 Å². The third-order valence-electron chi connectivity index (χ3n) is 5.45. The lowest BCUT2D eigenvalue weighted by Crippen LogP contribution is -2.19. The molecule has 0 aliphatic carbocycles. The van der Waals surface area contributed by atoms with Gasteiger partial charge in [0.25, 0.3) is 5.56 Å². The third-order valence-corrected chi connectivity index (χ3v) is 6.06. The molecular formula is C25H26N2O5S. The van der Waals surface area contributed by atoms with Crippen LogP contribution in [0.25, 0.3) is 17.8 Å². The monoisotopic (exact) mass is 466 g/mol. The number of sulfonamides is 1. The lowest BCUT2D eigenvalue weighted by atomic mass is 9.84. The number of fused-ring (bicyclic) bond motifs is 1. The van der Waals surface area contributed by atoms with Crippen LogP contribution in [0.4, 0.5) is 5.69 Å². The van der Waals surface area contributed by atoms with Crippen molar-refractivity contribution in [1.29, 1.82) is 0 Å². The average Bonchev–Trinajstić information content (AvgIpc) is 3.07. The molecule has 33 heavy (non-hydrogen) atoms. The van der Waals surface area contributed by atoms with Crippen molar-refractivity contribution in [3.8, 4) is 17.2 Å². The highest BCUT2D eigenvalue weighted by Gasteiger charge is 2.38. The largest absolute Gasteiger partial charge is 0.496 e. The zero-order valence-electron chi connectivity index (χ0n) is 19.0. The number of rotatable bonds is 6. The standard InChI is InChI=1S/C25H26N2O5S/c1-25(2)16-32-24-20(27-14-6-5-7-21(27)28)15-18(23(31-3)22(24)25)11-8-17-9-12-19(13-10-17)26-33(4,29)30/h5-15,26H,16H2,1-4H3/b11-8+. The van der Waals surface area contributed by atoms with E-state index in [1.54, 1.807) is 42.1 Å². The number of pyridine rings is 1. The van der Waals surface area contributed by atoms with Gasteiger partial charge in [0.2, 0.25) is 10.0 Å². The molecule has 2 aromatic carbocycles. The first-order valence-corrected chi connectivity index (χ1v) is 12.3. The minimum absolute atomic E-state index is 0.151. The second-order valence-electron chi connectivity index (χ2n) is 8.63. The Morgan fingerprint density at radius 1 is 1.12 bits per heavy atom. The Kier molecular flexibility index (Phi) is 5.80. The average molecular weight is 467 g/mol. The van der Waals surface area contributed by atoms with Crippen LogP contribution in [-0.2, 0) is 15.4 Å². The van der Waals surface area contributed by atoms with E-state index in [1.165, 1.54) is 6.07 Å². The van der Waals surface area contributed by atoms with Crippen molar-refractivity contribution < 1.29 is 17.9 Å². The van der Waals surface area contributed by atoms with Crippen LogP contribution in [-0.4, -0.2) is 33.0 Å². The topological polar surface area (TPSA) is 86.6 Å². The first kappa shape index (κ1) is 22.7. The van der Waals surface area contributed by atoms with Crippen molar-refractivity contribution >= 4 is 27.9 Å². The molecule has 0 saturated heterocycles. The predicted molar refractivity (Wildman–Crippen MR) is 131 cm³/mol. The van der Waals surface area contributed by atoms with Crippen molar-refractivity contribution in [2.24, 2.45) is 0 Å². The van der Waals surface area contributed by atoms with Gasteiger partial charge in [-0.15, -0.1) is 0 Å². The number of benzene rings is 2. The third kappa shape index (κ3) is 4.66. The number of nitrogens with zero attached hydrogens (tertiary/aromatic N) is 1. The molecule has 0 atom stereocenters. The fourth-order valence-electron chi connectivity index (χ4n) is 3.95. The van der Waals surface area contributed by atoms with Gasteiger partial charge in [-0.05, 0) is 29.8 Å². The maximum atomic E-state index is 12.6. The molecule has 7 nitrogen and oxygen atoms in total. The van der Waals surface area contributed by atoms with E-state index in [0.29, 0.717) is 29.5 Å². The molecule has 2 heterocycles. The van der Waals surface area contributed by atoms with Crippen LogP contribution < -0.4 is 19.8 Å². The van der Waals surface area contributed by atoms with Crippen molar-refractivity contribution in [3.05, 3.63) is 81.8 Å². The predicted octanol–water partition coefficient (Wildman–Crippen LogP) is 4.06. The molecular weight excluding hydrogens is 440 g/mol. The van der Waals surface area contributed by atoms with Crippen LogP contribution in [0.1, 0.15) is 30.5 Å². The molecule has 8 heteroatoms. The van der Waals surface area contributed by atoms with E-state index in [9.17, 15) is 13.2 Å². The summed E-state index contributed by atoms with van der Waals surface area (Å²) in [5.74, 6) is 1.35. The Bertz CT molecular complexity index is 1390. The van der Waals surface area contributed by atoms with E-state index in [-0.39, 0.29) is 11.0 Å². The molecule has 0 saturated carbocycles. The molecule has 1 N–H and O–H groups in total. The molecule has 0 spiro atoms. The Morgan fingerprint density at radius 3 is 2.48 bits per heavy atom. The van der Waals surface area contributed by atoms with Gasteiger partial charge in [-0.25, -0.2) is 8.42 Å². The fourth-order valence-corrected chi connectivity index (χ4v) is 4.52. The second-order valence-corrected chi connectivity index (χ2v) is 10.4. The van der Waals surface area contributed by atoms with Gasteiger partial charge in [0, 0.05) is 34.5 Å². The van der Waals surface area contributed by atoms with Crippen LogP contribution >= 0.6 is 0 Å². The first-order valence-electron chi connectivity index (χ1n) is 10.4. The molecule has 1 aliphatic heterocycles. The van der Waals surface area contributed by atoms with Crippen molar-refractivity contribution in [3.63, 3.8) is 0 Å². The summed E-state index contributed by atoms with van der Waals surface area (Å²) in [5.41, 5.74) is 3.32. The van der Waals surface area contributed by atoms with E-state index >= 15 is 0 Å². The highest BCUT2D eigenvalue weighted by molar-refractivity contribution is 7.92. The van der Waals surface area contributed by atoms with Gasteiger partial charge in [-0.3, -0.25) is 14.1 Å². The summed E-state index contributed by atoms with van der Waals surface area (Å²) in [6.07, 6.45) is 6.67. The summed E-state index contributed by atoms with van der Waals surface area (Å²) < 4.78 is 38.7. The highest BCUT2D eigenvalue weighted by atomic mass is 32.2. The maximum absolute atomic E-state index is 12.6. The van der Waals surface area contributed by atoms with Crippen LogP contribution in [0, 0.1) is 0 Å². The summed E-state index contributed by atoms with van der Waals surface area (Å²) >= 11 is 0. The molecule has 0 fully saturated rings. The highest BCUT2D eigenvalue weighted by Crippen LogP contribution is 2.49. The fraction of sp³-hybridized carbons (Fsp3) is 0.240. The van der Waals surface area contributed by atoms with Crippen molar-refractivity contribution in [2.75, 3.05) is 24.7 Å². The van der Waals surface area contributed by atoms with Gasteiger partial charge in [0.1, 0.15) is 5.75 Å². The van der Waals surface area contributed by atoms with Gasteiger partial charge in [0.15, 0.2) is 5.75 Å². The summed E-state index contributed by atoms with van der Waals surface area (Å²) in [6.45, 7) is 4.65. The van der Waals surface area contributed by atoms with Crippen molar-refractivity contribution in [1.82, 2.24) is 4.57 Å². The van der Waals surface area contributed by atoms with E-state index in [1.807, 2.05) is 30.4 Å². The summed E-state index contributed by atoms with van der Waals surface area (Å²) in [5, 5.41) is 0. The van der Waals surface area contributed by atoms with Gasteiger partial charge in [0.05, 0.1) is 25.7 Å². The number of anilines is 1. The SMILES string of the molecule is COc1c(/C=C/c2ccc(NS(C)(=O)=O)cc2)cc(-n2ccccc2=O)c2c1C(C)(C)CO2. The smallest absolute Gasteiger partial charge is 0.255 e.